The normalized spacial score (nSPS) is 10.2. The van der Waals surface area contributed by atoms with E-state index in [1.165, 1.54) is 0 Å². The molecule has 0 aliphatic heterocycles. The number of imidazole rings is 1. The Morgan fingerprint density at radius 2 is 2.56 bits per heavy atom. The lowest BCUT2D eigenvalue weighted by Gasteiger charge is -1.80. The lowest BCUT2D eigenvalue weighted by atomic mass is 10.3. The minimum Gasteiger partial charge on any atom is -0.345 e. The molecule has 0 saturated carbocycles. The number of rotatable bonds is 0. The van der Waals surface area contributed by atoms with E-state index in [1.54, 1.807) is 6.33 Å². The highest BCUT2D eigenvalue weighted by Gasteiger charge is 1.88. The number of fused-ring (bicyclic) bond motifs is 1. The largest absolute Gasteiger partial charge is 0.345 e. The zero-order chi connectivity index (χ0) is 6.10. The van der Waals surface area contributed by atoms with Gasteiger partial charge in [0.1, 0.15) is 0 Å². The van der Waals surface area contributed by atoms with Gasteiger partial charge in [-0.1, -0.05) is 6.07 Å². The van der Waals surface area contributed by atoms with Crippen LogP contribution in [0, 0.1) is 6.07 Å². The Bertz CT molecular complexity index is 281. The average molecular weight is 117 g/mol. The van der Waals surface area contributed by atoms with E-state index in [-0.39, 0.29) is 0 Å². The highest BCUT2D eigenvalue weighted by molar-refractivity contribution is 5.73. The maximum atomic E-state index is 4.04. The second-order valence-electron chi connectivity index (χ2n) is 1.85. The summed E-state index contributed by atoms with van der Waals surface area (Å²) in [7, 11) is 0. The van der Waals surface area contributed by atoms with E-state index in [0.717, 1.165) is 11.0 Å². The summed E-state index contributed by atoms with van der Waals surface area (Å²) in [5.74, 6) is 0. The molecule has 9 heavy (non-hydrogen) atoms. The second kappa shape index (κ2) is 1.58. The van der Waals surface area contributed by atoms with Crippen LogP contribution in [0.25, 0.3) is 11.0 Å². The van der Waals surface area contributed by atoms with Crippen molar-refractivity contribution < 1.29 is 0 Å². The number of nitrogens with zero attached hydrogens (tertiary/aromatic N) is 1. The highest BCUT2D eigenvalue weighted by Crippen LogP contribution is 2.04. The van der Waals surface area contributed by atoms with E-state index in [0.29, 0.717) is 0 Å². The minimum absolute atomic E-state index is 0.994. The van der Waals surface area contributed by atoms with Gasteiger partial charge in [-0.05, 0) is 18.2 Å². The number of H-pyrrole nitrogens is 1. The first-order valence-corrected chi connectivity index (χ1v) is 2.76. The third-order valence-corrected chi connectivity index (χ3v) is 1.26. The van der Waals surface area contributed by atoms with Gasteiger partial charge in [-0.15, -0.1) is 0 Å². The molecule has 2 heteroatoms. The van der Waals surface area contributed by atoms with E-state index in [1.807, 2.05) is 18.2 Å². The summed E-state index contributed by atoms with van der Waals surface area (Å²) in [4.78, 5) is 7.02. The monoisotopic (exact) mass is 117 g/mol. The fourth-order valence-electron chi connectivity index (χ4n) is 0.822. The van der Waals surface area contributed by atoms with Gasteiger partial charge >= 0.3 is 0 Å². The van der Waals surface area contributed by atoms with Crippen LogP contribution < -0.4 is 0 Å². The first-order chi connectivity index (χ1) is 4.47. The molecule has 43 valence electrons. The maximum absolute atomic E-state index is 4.04. The van der Waals surface area contributed by atoms with Crippen LogP contribution in [0.2, 0.25) is 0 Å². The molecule has 0 saturated heterocycles. The molecule has 2 nitrogen and oxygen atoms in total. The van der Waals surface area contributed by atoms with Crippen LogP contribution in [0.5, 0.6) is 0 Å². The molecule has 0 aliphatic rings. The van der Waals surface area contributed by atoms with Crippen molar-refractivity contribution in [2.24, 2.45) is 0 Å². The number of benzene rings is 1. The van der Waals surface area contributed by atoms with Crippen molar-refractivity contribution in [2.75, 3.05) is 0 Å². The van der Waals surface area contributed by atoms with Gasteiger partial charge in [0.05, 0.1) is 17.4 Å². The number of aromatic amines is 1. The van der Waals surface area contributed by atoms with Gasteiger partial charge in [-0.2, -0.15) is 0 Å². The van der Waals surface area contributed by atoms with E-state index in [9.17, 15) is 0 Å². The predicted molar refractivity (Wildman–Crippen MR) is 34.9 cm³/mol. The van der Waals surface area contributed by atoms with Crippen molar-refractivity contribution in [1.29, 1.82) is 0 Å². The van der Waals surface area contributed by atoms with E-state index in [4.69, 9.17) is 0 Å². The average Bonchev–Trinajstić information content (AvgIpc) is 2.33. The molecule has 0 aliphatic carbocycles. The molecule has 1 aromatic carbocycles. The Hall–Kier alpha value is -1.31. The summed E-state index contributed by atoms with van der Waals surface area (Å²) < 4.78 is 0. The van der Waals surface area contributed by atoms with Gasteiger partial charge in [-0.25, -0.2) is 4.98 Å². The first kappa shape index (κ1) is 4.56. The molecular weight excluding hydrogens is 112 g/mol. The zero-order valence-corrected chi connectivity index (χ0v) is 4.76. The number of aromatic nitrogens is 2. The SMILES string of the molecule is [c]1ccc2nc[nH]c2c1. The Kier molecular flexibility index (Phi) is 0.803. The number of nitrogens with one attached hydrogen (secondary N) is 1. The molecule has 0 fully saturated rings. The molecule has 0 atom stereocenters. The van der Waals surface area contributed by atoms with Gasteiger partial charge in [0, 0.05) is 0 Å². The molecule has 1 heterocycles. The second-order valence-corrected chi connectivity index (χ2v) is 1.85. The highest BCUT2D eigenvalue weighted by atomic mass is 14.9. The molecule has 2 rings (SSSR count). The quantitative estimate of drug-likeness (QED) is 0.554. The number of hydrogen-bond donors (Lipinski definition) is 1. The van der Waals surface area contributed by atoms with Crippen molar-refractivity contribution in [2.45, 2.75) is 0 Å². The van der Waals surface area contributed by atoms with E-state index >= 15 is 0 Å². The first-order valence-electron chi connectivity index (χ1n) is 2.76. The lowest BCUT2D eigenvalue weighted by Crippen LogP contribution is -1.64. The summed E-state index contributed by atoms with van der Waals surface area (Å²) in [6.07, 6.45) is 1.68. The van der Waals surface area contributed by atoms with Gasteiger partial charge in [-0.3, -0.25) is 0 Å². The Labute approximate surface area is 52.5 Å². The molecular formula is C7H5N2. The molecule has 1 radical (unpaired) electrons. The van der Waals surface area contributed by atoms with Crippen LogP contribution in [-0.2, 0) is 0 Å². The fraction of sp³-hybridized carbons (Fsp3) is 0. The molecule has 1 aromatic heterocycles. The summed E-state index contributed by atoms with van der Waals surface area (Å²) in [5, 5.41) is 0. The van der Waals surface area contributed by atoms with Crippen LogP contribution in [0.4, 0.5) is 0 Å². The Morgan fingerprint density at radius 1 is 1.56 bits per heavy atom. The summed E-state index contributed by atoms with van der Waals surface area (Å²) in [6, 6.07) is 8.60. The molecule has 0 spiro atoms. The topological polar surface area (TPSA) is 28.7 Å². The van der Waals surface area contributed by atoms with Crippen LogP contribution in [0.1, 0.15) is 0 Å². The van der Waals surface area contributed by atoms with Crippen LogP contribution in [0.3, 0.4) is 0 Å². The van der Waals surface area contributed by atoms with Gasteiger partial charge in [0.15, 0.2) is 0 Å². The zero-order valence-electron chi connectivity index (χ0n) is 4.76. The summed E-state index contributed by atoms with van der Waals surface area (Å²) >= 11 is 0. The molecule has 0 bridgehead atoms. The van der Waals surface area contributed by atoms with Gasteiger partial charge < -0.3 is 4.98 Å². The van der Waals surface area contributed by atoms with Crippen molar-refractivity contribution in [1.82, 2.24) is 9.97 Å². The van der Waals surface area contributed by atoms with Crippen molar-refractivity contribution in [3.63, 3.8) is 0 Å². The third kappa shape index (κ3) is 0.598. The minimum atomic E-state index is 0.994. The number of hydrogen-bond acceptors (Lipinski definition) is 1. The van der Waals surface area contributed by atoms with Crippen molar-refractivity contribution >= 4 is 11.0 Å². The fourth-order valence-corrected chi connectivity index (χ4v) is 0.822. The van der Waals surface area contributed by atoms with E-state index in [2.05, 4.69) is 16.0 Å². The smallest absolute Gasteiger partial charge is 0.0931 e. The molecule has 1 N–H and O–H groups in total. The van der Waals surface area contributed by atoms with Crippen LogP contribution in [-0.4, -0.2) is 9.97 Å². The van der Waals surface area contributed by atoms with Crippen molar-refractivity contribution in [3.8, 4) is 0 Å². The Balaban J connectivity index is 2.95. The maximum Gasteiger partial charge on any atom is 0.0931 e. The predicted octanol–water partition coefficient (Wildman–Crippen LogP) is 1.36. The third-order valence-electron chi connectivity index (χ3n) is 1.26. The van der Waals surface area contributed by atoms with Gasteiger partial charge in [0.25, 0.3) is 0 Å². The summed E-state index contributed by atoms with van der Waals surface area (Å²) in [6.45, 7) is 0. The summed E-state index contributed by atoms with van der Waals surface area (Å²) in [5.41, 5.74) is 2.03. The Morgan fingerprint density at radius 3 is 3.44 bits per heavy atom. The molecule has 0 unspecified atom stereocenters. The van der Waals surface area contributed by atoms with Crippen LogP contribution >= 0.6 is 0 Å². The van der Waals surface area contributed by atoms with Crippen molar-refractivity contribution in [3.05, 3.63) is 30.6 Å². The standard InChI is InChI=1S/C7H5N2/c1-2-4-7-6(3-1)8-5-9-7/h1,3-5H,(H,8,9). The molecule has 0 amide bonds. The van der Waals surface area contributed by atoms with Gasteiger partial charge in [0.2, 0.25) is 0 Å². The van der Waals surface area contributed by atoms with E-state index < -0.39 is 0 Å². The lowest BCUT2D eigenvalue weighted by molar-refractivity contribution is 1.34. The molecule has 2 aromatic rings. The van der Waals surface area contributed by atoms with Crippen LogP contribution in [0.15, 0.2) is 24.5 Å².